The number of hydrogen-bond donors (Lipinski definition) is 2. The zero-order valence-electron chi connectivity index (χ0n) is 13.3. The maximum atomic E-state index is 11.7. The lowest BCUT2D eigenvalue weighted by Gasteiger charge is -2.11. The molecule has 0 aromatic heterocycles. The molecule has 1 aliphatic rings. The van der Waals surface area contributed by atoms with E-state index in [1.165, 1.54) is 5.56 Å². The van der Waals surface area contributed by atoms with E-state index in [2.05, 4.69) is 15.8 Å². The number of thioether (sulfide) groups is 1. The van der Waals surface area contributed by atoms with Crippen LogP contribution >= 0.6 is 11.8 Å². The molecule has 1 aliphatic heterocycles. The largest absolute Gasteiger partial charge is 0.451 e. The highest BCUT2D eigenvalue weighted by molar-refractivity contribution is 7.99. The molecule has 2 N–H and O–H groups in total. The van der Waals surface area contributed by atoms with Crippen LogP contribution in [0.25, 0.3) is 0 Å². The number of amides is 2. The van der Waals surface area contributed by atoms with Gasteiger partial charge in [0.2, 0.25) is 5.91 Å². The van der Waals surface area contributed by atoms with Crippen LogP contribution in [0.4, 0.5) is 0 Å². The van der Waals surface area contributed by atoms with Gasteiger partial charge in [-0.1, -0.05) is 17.7 Å². The first-order valence-electron chi connectivity index (χ1n) is 7.53. The van der Waals surface area contributed by atoms with Crippen molar-refractivity contribution >= 4 is 35.3 Å². The van der Waals surface area contributed by atoms with Gasteiger partial charge in [0.1, 0.15) is 5.71 Å². The molecule has 8 heteroatoms. The van der Waals surface area contributed by atoms with Crippen molar-refractivity contribution < 1.29 is 19.1 Å². The van der Waals surface area contributed by atoms with Crippen molar-refractivity contribution in [1.29, 1.82) is 0 Å². The van der Waals surface area contributed by atoms with Crippen molar-refractivity contribution in [1.82, 2.24) is 10.7 Å². The summed E-state index contributed by atoms with van der Waals surface area (Å²) in [6.45, 7) is 2.15. The van der Waals surface area contributed by atoms with Crippen molar-refractivity contribution in [2.24, 2.45) is 5.10 Å². The molecule has 0 unspecified atom stereocenters. The summed E-state index contributed by atoms with van der Waals surface area (Å²) in [6.07, 6.45) is 0.413. The average Bonchev–Trinajstić information content (AvgIpc) is 2.59. The van der Waals surface area contributed by atoms with Crippen molar-refractivity contribution in [3.05, 3.63) is 29.8 Å². The van der Waals surface area contributed by atoms with Gasteiger partial charge in [-0.05, 0) is 19.1 Å². The van der Waals surface area contributed by atoms with Gasteiger partial charge in [-0.2, -0.15) is 5.10 Å². The first-order valence-corrected chi connectivity index (χ1v) is 8.52. The second-order valence-corrected chi connectivity index (χ2v) is 6.35. The second-order valence-electron chi connectivity index (χ2n) is 5.18. The van der Waals surface area contributed by atoms with E-state index in [1.54, 1.807) is 11.8 Å². The second kappa shape index (κ2) is 9.07. The Hall–Kier alpha value is -2.35. The molecular formula is C16H19N3O4S. The molecule has 24 heavy (non-hydrogen) atoms. The molecule has 2 amide bonds. The zero-order valence-corrected chi connectivity index (χ0v) is 14.1. The molecule has 128 valence electrons. The first-order chi connectivity index (χ1) is 11.5. The zero-order chi connectivity index (χ0) is 17.4. The van der Waals surface area contributed by atoms with Crippen molar-refractivity contribution in [2.45, 2.75) is 24.7 Å². The van der Waals surface area contributed by atoms with Crippen LogP contribution in [0.1, 0.15) is 18.4 Å². The smallest absolute Gasteiger partial charge is 0.355 e. The molecule has 1 aromatic carbocycles. The molecule has 0 saturated heterocycles. The number of aryl methyl sites for hydroxylation is 1. The van der Waals surface area contributed by atoms with Gasteiger partial charge in [-0.25, -0.2) is 10.2 Å². The minimum atomic E-state index is -0.681. The van der Waals surface area contributed by atoms with E-state index in [0.717, 1.165) is 10.6 Å². The molecule has 0 bridgehead atoms. The third-order valence-corrected chi connectivity index (χ3v) is 4.20. The van der Waals surface area contributed by atoms with Gasteiger partial charge in [0.15, 0.2) is 6.61 Å². The highest BCUT2D eigenvalue weighted by atomic mass is 32.2. The van der Waals surface area contributed by atoms with Gasteiger partial charge < -0.3 is 10.1 Å². The standard InChI is InChI=1S/C16H19N3O4S/c1-11-2-4-12(5-3-11)24-9-8-17-15(21)10-23-16(22)13-6-7-14(20)19-18-13/h2-5H,6-10H2,1H3,(H,17,21)(H,19,20). The van der Waals surface area contributed by atoms with Crippen molar-refractivity contribution in [2.75, 3.05) is 18.9 Å². The van der Waals surface area contributed by atoms with E-state index in [9.17, 15) is 14.4 Å². The van der Waals surface area contributed by atoms with Crippen molar-refractivity contribution in [3.63, 3.8) is 0 Å². The highest BCUT2D eigenvalue weighted by Crippen LogP contribution is 2.17. The average molecular weight is 349 g/mol. The Morgan fingerprint density at radius 1 is 1.29 bits per heavy atom. The third-order valence-electron chi connectivity index (χ3n) is 3.19. The number of rotatable bonds is 7. The van der Waals surface area contributed by atoms with E-state index in [0.29, 0.717) is 6.54 Å². The quantitative estimate of drug-likeness (QED) is 0.435. The number of hydrazone groups is 1. The van der Waals surface area contributed by atoms with Crippen LogP contribution < -0.4 is 10.7 Å². The number of nitrogens with zero attached hydrogens (tertiary/aromatic N) is 1. The van der Waals surface area contributed by atoms with Gasteiger partial charge in [-0.15, -0.1) is 11.8 Å². The predicted molar refractivity (Wildman–Crippen MR) is 90.7 cm³/mol. The molecule has 0 saturated carbocycles. The molecule has 0 radical (unpaired) electrons. The Kier molecular flexibility index (Phi) is 6.80. The fraction of sp³-hybridized carbons (Fsp3) is 0.375. The molecule has 0 atom stereocenters. The Morgan fingerprint density at radius 2 is 2.04 bits per heavy atom. The van der Waals surface area contributed by atoms with Crippen LogP contribution in [0, 0.1) is 6.92 Å². The third kappa shape index (κ3) is 6.04. The first kappa shape index (κ1) is 18.0. The minimum Gasteiger partial charge on any atom is -0.451 e. The molecule has 1 aromatic rings. The summed E-state index contributed by atoms with van der Waals surface area (Å²) < 4.78 is 4.87. The molecule has 0 aliphatic carbocycles. The summed E-state index contributed by atoms with van der Waals surface area (Å²) >= 11 is 1.64. The highest BCUT2D eigenvalue weighted by Gasteiger charge is 2.20. The summed E-state index contributed by atoms with van der Waals surface area (Å²) in [7, 11) is 0. The molecule has 0 fully saturated rings. The van der Waals surface area contributed by atoms with Gasteiger partial charge in [-0.3, -0.25) is 9.59 Å². The van der Waals surface area contributed by atoms with Gasteiger partial charge >= 0.3 is 5.97 Å². The lowest BCUT2D eigenvalue weighted by Crippen LogP contribution is -2.34. The van der Waals surface area contributed by atoms with E-state index < -0.39 is 5.97 Å². The van der Waals surface area contributed by atoms with Crippen LogP contribution in [0.5, 0.6) is 0 Å². The van der Waals surface area contributed by atoms with Crippen LogP contribution in [0.3, 0.4) is 0 Å². The number of nitrogens with one attached hydrogen (secondary N) is 2. The summed E-state index contributed by atoms with van der Waals surface area (Å²) in [6, 6.07) is 8.15. The fourth-order valence-electron chi connectivity index (χ4n) is 1.88. The topological polar surface area (TPSA) is 96.9 Å². The number of carbonyl (C=O) groups is 3. The number of benzene rings is 1. The Bertz CT molecular complexity index is 643. The number of carbonyl (C=O) groups excluding carboxylic acids is 3. The summed E-state index contributed by atoms with van der Waals surface area (Å²) in [5, 5.41) is 6.29. The predicted octanol–water partition coefficient (Wildman–Crippen LogP) is 1.01. The number of esters is 1. The summed E-state index contributed by atoms with van der Waals surface area (Å²) in [5.74, 6) is -0.565. The van der Waals surface area contributed by atoms with Crippen molar-refractivity contribution in [3.8, 4) is 0 Å². The normalized spacial score (nSPS) is 13.7. The van der Waals surface area contributed by atoms with Gasteiger partial charge in [0.05, 0.1) is 0 Å². The monoisotopic (exact) mass is 349 g/mol. The minimum absolute atomic E-state index is 0.123. The maximum Gasteiger partial charge on any atom is 0.355 e. The summed E-state index contributed by atoms with van der Waals surface area (Å²) in [4.78, 5) is 35.4. The van der Waals surface area contributed by atoms with Gasteiger partial charge in [0, 0.05) is 30.0 Å². The SMILES string of the molecule is Cc1ccc(SCCNC(=O)COC(=O)C2=NNC(=O)CC2)cc1. The maximum absolute atomic E-state index is 11.7. The fourth-order valence-corrected chi connectivity index (χ4v) is 2.65. The molecule has 7 nitrogen and oxygen atoms in total. The van der Waals surface area contributed by atoms with E-state index in [4.69, 9.17) is 4.74 Å². The molecule has 0 spiro atoms. The van der Waals surface area contributed by atoms with E-state index >= 15 is 0 Å². The van der Waals surface area contributed by atoms with Crippen LogP contribution in [-0.2, 0) is 19.1 Å². The van der Waals surface area contributed by atoms with Crippen LogP contribution in [0.15, 0.2) is 34.3 Å². The lowest BCUT2D eigenvalue weighted by atomic mass is 10.2. The van der Waals surface area contributed by atoms with Gasteiger partial charge in [0.25, 0.3) is 5.91 Å². The Labute approximate surface area is 144 Å². The lowest BCUT2D eigenvalue weighted by molar-refractivity contribution is -0.142. The number of ether oxygens (including phenoxy) is 1. The Balaban J connectivity index is 1.60. The Morgan fingerprint density at radius 3 is 2.71 bits per heavy atom. The molecule has 1 heterocycles. The number of hydrogen-bond acceptors (Lipinski definition) is 6. The van der Waals surface area contributed by atoms with Crippen LogP contribution in [0.2, 0.25) is 0 Å². The molecular weight excluding hydrogens is 330 g/mol. The van der Waals surface area contributed by atoms with Crippen LogP contribution in [-0.4, -0.2) is 42.4 Å². The van der Waals surface area contributed by atoms with E-state index in [-0.39, 0.29) is 37.0 Å². The summed E-state index contributed by atoms with van der Waals surface area (Å²) in [5.41, 5.74) is 3.53. The van der Waals surface area contributed by atoms with E-state index in [1.807, 2.05) is 31.2 Å². The molecule has 2 rings (SSSR count).